The summed E-state index contributed by atoms with van der Waals surface area (Å²) in [5, 5.41) is 0. The summed E-state index contributed by atoms with van der Waals surface area (Å²) in [4.78, 5) is 38.3. The fourth-order valence-corrected chi connectivity index (χ4v) is 9.97. The van der Waals surface area contributed by atoms with Crippen LogP contribution in [0.3, 0.4) is 0 Å². The molecule has 0 aliphatic rings. The van der Waals surface area contributed by atoms with Crippen LogP contribution in [0, 0.1) is 0 Å². The van der Waals surface area contributed by atoms with Crippen LogP contribution in [0.2, 0.25) is 0 Å². The van der Waals surface area contributed by atoms with E-state index in [0.717, 1.165) is 116 Å². The Balaban J connectivity index is 4.16. The van der Waals surface area contributed by atoms with Crippen molar-refractivity contribution < 1.29 is 28.6 Å². The molecule has 1 atom stereocenters. The van der Waals surface area contributed by atoms with Crippen molar-refractivity contribution in [3.63, 3.8) is 0 Å². The molecular weight excluding hydrogens is 985 g/mol. The molecule has 0 N–H and O–H groups in total. The molecule has 0 aromatic carbocycles. The fourth-order valence-electron chi connectivity index (χ4n) is 9.97. The lowest BCUT2D eigenvalue weighted by Gasteiger charge is -2.18. The van der Waals surface area contributed by atoms with Gasteiger partial charge < -0.3 is 14.2 Å². The number of hydrogen-bond acceptors (Lipinski definition) is 6. The summed E-state index contributed by atoms with van der Waals surface area (Å²) in [6.07, 6.45) is 90.4. The first-order valence-electron chi connectivity index (χ1n) is 34.6. The molecule has 0 fully saturated rings. The normalized spacial score (nSPS) is 12.6. The monoisotopic (exact) mass is 1110 g/mol. The summed E-state index contributed by atoms with van der Waals surface area (Å²) < 4.78 is 16.9. The zero-order valence-electron chi connectivity index (χ0n) is 53.1. The lowest BCUT2D eigenvalue weighted by Crippen LogP contribution is -2.30. The van der Waals surface area contributed by atoms with Gasteiger partial charge in [-0.05, 0) is 96.3 Å². The third-order valence-electron chi connectivity index (χ3n) is 15.1. The van der Waals surface area contributed by atoms with Crippen LogP contribution in [0.1, 0.15) is 348 Å². The number of hydrogen-bond donors (Lipinski definition) is 0. The van der Waals surface area contributed by atoms with E-state index in [4.69, 9.17) is 14.2 Å². The highest BCUT2D eigenvalue weighted by Crippen LogP contribution is 2.17. The number of allylic oxidation sites excluding steroid dienone is 14. The third kappa shape index (κ3) is 65.4. The molecule has 0 aromatic rings. The smallest absolute Gasteiger partial charge is 0.306 e. The van der Waals surface area contributed by atoms with Crippen molar-refractivity contribution in [2.24, 2.45) is 0 Å². The SMILES string of the molecule is CC/C=C\C/C=C\C/C=C\C/C=C\C/C=C\CCCCCCCCCCCCCCCCCCCC(=O)OCC(COC(=O)CCCCCCCCCCCCCCC)OC(=O)CCCCCCC/C=C\C/C=C\CCCCCC. The summed E-state index contributed by atoms with van der Waals surface area (Å²) in [7, 11) is 0. The predicted molar refractivity (Wildman–Crippen MR) is 348 cm³/mol. The molecule has 1 unspecified atom stereocenters. The van der Waals surface area contributed by atoms with Crippen LogP contribution in [-0.2, 0) is 28.6 Å². The Hall–Kier alpha value is -3.41. The van der Waals surface area contributed by atoms with Crippen LogP contribution in [0.4, 0.5) is 0 Å². The van der Waals surface area contributed by atoms with Crippen LogP contribution in [0.25, 0.3) is 0 Å². The fraction of sp³-hybridized carbons (Fsp3) is 0.770. The first-order valence-corrected chi connectivity index (χ1v) is 34.6. The largest absolute Gasteiger partial charge is 0.462 e. The molecule has 462 valence electrons. The van der Waals surface area contributed by atoms with Crippen molar-refractivity contribution >= 4 is 17.9 Å². The second kappa shape index (κ2) is 68.1. The second-order valence-corrected chi connectivity index (χ2v) is 23.1. The van der Waals surface area contributed by atoms with E-state index in [0.29, 0.717) is 19.3 Å². The summed E-state index contributed by atoms with van der Waals surface area (Å²) in [5.74, 6) is -0.872. The summed E-state index contributed by atoms with van der Waals surface area (Å²) in [6.45, 7) is 6.54. The molecule has 0 aliphatic heterocycles. The molecule has 0 amide bonds. The van der Waals surface area contributed by atoms with Gasteiger partial charge >= 0.3 is 17.9 Å². The molecule has 0 radical (unpaired) electrons. The number of rotatable bonds is 63. The number of ether oxygens (including phenoxy) is 3. The molecule has 0 saturated carbocycles. The van der Waals surface area contributed by atoms with Crippen LogP contribution in [-0.4, -0.2) is 37.2 Å². The van der Waals surface area contributed by atoms with E-state index in [-0.39, 0.29) is 31.1 Å². The van der Waals surface area contributed by atoms with Gasteiger partial charge in [0.2, 0.25) is 0 Å². The number of unbranched alkanes of at least 4 members (excludes halogenated alkanes) is 38. The number of carbonyl (C=O) groups is 3. The minimum absolute atomic E-state index is 0.0765. The highest BCUT2D eigenvalue weighted by Gasteiger charge is 2.19. The van der Waals surface area contributed by atoms with E-state index in [9.17, 15) is 14.4 Å². The van der Waals surface area contributed by atoms with Gasteiger partial charge in [-0.15, -0.1) is 0 Å². The molecule has 6 heteroatoms. The van der Waals surface area contributed by atoms with Gasteiger partial charge in [0.05, 0.1) is 0 Å². The Morgan fingerprint density at radius 1 is 0.263 bits per heavy atom. The molecule has 0 rings (SSSR count). The van der Waals surface area contributed by atoms with Crippen molar-refractivity contribution in [2.45, 2.75) is 354 Å². The van der Waals surface area contributed by atoms with Crippen molar-refractivity contribution in [3.05, 3.63) is 85.1 Å². The van der Waals surface area contributed by atoms with Crippen LogP contribution < -0.4 is 0 Å². The van der Waals surface area contributed by atoms with E-state index in [1.54, 1.807) is 0 Å². The van der Waals surface area contributed by atoms with Gasteiger partial charge in [-0.2, -0.15) is 0 Å². The molecular formula is C74H130O6. The van der Waals surface area contributed by atoms with Crippen molar-refractivity contribution in [1.82, 2.24) is 0 Å². The average Bonchev–Trinajstić information content (AvgIpc) is 3.46. The molecule has 80 heavy (non-hydrogen) atoms. The molecule has 0 saturated heterocycles. The lowest BCUT2D eigenvalue weighted by atomic mass is 10.0. The minimum Gasteiger partial charge on any atom is -0.462 e. The van der Waals surface area contributed by atoms with Crippen molar-refractivity contribution in [3.8, 4) is 0 Å². The van der Waals surface area contributed by atoms with Crippen molar-refractivity contribution in [2.75, 3.05) is 13.2 Å². The first-order chi connectivity index (χ1) is 39.5. The van der Waals surface area contributed by atoms with Crippen molar-refractivity contribution in [1.29, 1.82) is 0 Å². The van der Waals surface area contributed by atoms with Gasteiger partial charge in [0.1, 0.15) is 13.2 Å². The molecule has 0 heterocycles. The maximum atomic E-state index is 12.9. The van der Waals surface area contributed by atoms with Crippen LogP contribution in [0.5, 0.6) is 0 Å². The van der Waals surface area contributed by atoms with E-state index in [1.165, 1.54) is 193 Å². The zero-order chi connectivity index (χ0) is 57.8. The third-order valence-corrected chi connectivity index (χ3v) is 15.1. The second-order valence-electron chi connectivity index (χ2n) is 23.1. The number of esters is 3. The minimum atomic E-state index is -0.781. The van der Waals surface area contributed by atoms with Gasteiger partial charge in [0, 0.05) is 19.3 Å². The topological polar surface area (TPSA) is 78.9 Å². The van der Waals surface area contributed by atoms with E-state index in [2.05, 4.69) is 106 Å². The Bertz CT molecular complexity index is 1520. The maximum absolute atomic E-state index is 12.9. The van der Waals surface area contributed by atoms with Gasteiger partial charge in [-0.25, -0.2) is 0 Å². The summed E-state index contributed by atoms with van der Waals surface area (Å²) in [6, 6.07) is 0. The lowest BCUT2D eigenvalue weighted by molar-refractivity contribution is -0.167. The Morgan fingerprint density at radius 2 is 0.487 bits per heavy atom. The maximum Gasteiger partial charge on any atom is 0.306 e. The van der Waals surface area contributed by atoms with E-state index < -0.39 is 6.10 Å². The van der Waals surface area contributed by atoms with Gasteiger partial charge in [-0.1, -0.05) is 318 Å². The van der Waals surface area contributed by atoms with Gasteiger partial charge in [0.25, 0.3) is 0 Å². The van der Waals surface area contributed by atoms with Crippen LogP contribution >= 0.6 is 0 Å². The molecule has 0 bridgehead atoms. The average molecular weight is 1120 g/mol. The van der Waals surface area contributed by atoms with E-state index in [1.807, 2.05) is 0 Å². The standard InChI is InChI=1S/C74H130O6/c1-4-7-10-13-16-19-22-25-27-29-30-31-32-33-34-35-36-37-38-39-40-41-42-43-44-45-47-49-52-55-58-61-64-67-73(76)79-70-71(69-78-72(75)66-63-60-57-54-51-48-24-21-18-15-12-9-6-3)80-74(77)68-65-62-59-56-53-50-46-28-26-23-20-17-14-11-8-5-2/h7,10,16,19-20,23,25,27-28,30-31,33-34,46,71H,4-6,8-9,11-15,17-18,21-22,24,26,29,32,35-45,47-70H2,1-3H3/b10-7-,19-16-,23-20-,27-25-,31-30-,34-33-,46-28-. The van der Waals surface area contributed by atoms with E-state index >= 15 is 0 Å². The first kappa shape index (κ1) is 76.6. The summed E-state index contributed by atoms with van der Waals surface area (Å²) in [5.41, 5.74) is 0. The molecule has 0 aliphatic carbocycles. The Kier molecular flexibility index (Phi) is 65.2. The van der Waals surface area contributed by atoms with Crippen LogP contribution in [0.15, 0.2) is 85.1 Å². The highest BCUT2D eigenvalue weighted by atomic mass is 16.6. The Labute approximate surface area is 496 Å². The predicted octanol–water partition coefficient (Wildman–Crippen LogP) is 23.8. The molecule has 0 spiro atoms. The Morgan fingerprint density at radius 3 is 0.775 bits per heavy atom. The molecule has 6 nitrogen and oxygen atoms in total. The number of carbonyl (C=O) groups excluding carboxylic acids is 3. The molecule has 0 aromatic heterocycles. The van der Waals surface area contributed by atoms with Gasteiger partial charge in [0.15, 0.2) is 6.10 Å². The zero-order valence-corrected chi connectivity index (χ0v) is 53.1. The van der Waals surface area contributed by atoms with Gasteiger partial charge in [-0.3, -0.25) is 14.4 Å². The quantitative estimate of drug-likeness (QED) is 0.0261. The summed E-state index contributed by atoms with van der Waals surface area (Å²) >= 11 is 0. The highest BCUT2D eigenvalue weighted by molar-refractivity contribution is 5.71.